The van der Waals surface area contributed by atoms with Crippen LogP contribution in [0.4, 0.5) is 13.2 Å². The smallest absolute Gasteiger partial charge is 0.416 e. The lowest BCUT2D eigenvalue weighted by Gasteiger charge is -2.18. The molecule has 0 fully saturated rings. The predicted molar refractivity (Wildman–Crippen MR) is 101 cm³/mol. The summed E-state index contributed by atoms with van der Waals surface area (Å²) in [6.07, 6.45) is -4.17. The van der Waals surface area contributed by atoms with Gasteiger partial charge >= 0.3 is 6.18 Å². The molecule has 28 heavy (non-hydrogen) atoms. The molecule has 0 heterocycles. The molecule has 4 nitrogen and oxygen atoms in total. The first-order valence-electron chi connectivity index (χ1n) is 9.21. The highest BCUT2D eigenvalue weighted by Crippen LogP contribution is 2.30. The van der Waals surface area contributed by atoms with Crippen molar-refractivity contribution in [2.45, 2.75) is 38.1 Å². The molecule has 0 aliphatic heterocycles. The Morgan fingerprint density at radius 2 is 1.82 bits per heavy atom. The normalized spacial score (nSPS) is 13.9. The topological polar surface area (TPSA) is 61.7 Å². The fraction of sp³-hybridized carbons (Fsp3) is 0.429. The molecule has 0 bridgehead atoms. The Hall–Kier alpha value is -2.09. The summed E-state index contributed by atoms with van der Waals surface area (Å²) in [5.41, 5.74) is 0.542. The third-order valence-electron chi connectivity index (χ3n) is 4.29. The number of benzene rings is 2. The van der Waals surface area contributed by atoms with Gasteiger partial charge in [-0.3, -0.25) is 0 Å². The standard InChI is InChI=1S/C21H26F3NO3/c1-15(12-16-6-8-19(9-7-16)28-11-3-10-26)25-14-20(27)17-4-2-5-18(13-17)21(22,23)24/h2,4-9,13,15,20,25-27H,3,10-12,14H2,1H3. The predicted octanol–water partition coefficient (Wildman–Crippen LogP) is 3.72. The van der Waals surface area contributed by atoms with E-state index in [1.54, 1.807) is 0 Å². The van der Waals surface area contributed by atoms with Gasteiger partial charge in [-0.2, -0.15) is 13.2 Å². The van der Waals surface area contributed by atoms with Gasteiger partial charge in [-0.15, -0.1) is 0 Å². The molecule has 3 N–H and O–H groups in total. The number of hydrogen-bond donors (Lipinski definition) is 3. The minimum absolute atomic E-state index is 0.0293. The van der Waals surface area contributed by atoms with Gasteiger partial charge in [0.25, 0.3) is 0 Å². The van der Waals surface area contributed by atoms with Crippen LogP contribution in [0.1, 0.15) is 36.1 Å². The van der Waals surface area contributed by atoms with Gasteiger partial charge < -0.3 is 20.3 Å². The summed E-state index contributed by atoms with van der Waals surface area (Å²) >= 11 is 0. The zero-order chi connectivity index (χ0) is 20.6. The fourth-order valence-electron chi connectivity index (χ4n) is 2.75. The van der Waals surface area contributed by atoms with E-state index < -0.39 is 17.8 Å². The lowest BCUT2D eigenvalue weighted by molar-refractivity contribution is -0.137. The Kier molecular flexibility index (Phi) is 8.29. The van der Waals surface area contributed by atoms with E-state index in [4.69, 9.17) is 9.84 Å². The number of aliphatic hydroxyl groups excluding tert-OH is 2. The Labute approximate surface area is 163 Å². The van der Waals surface area contributed by atoms with E-state index in [1.165, 1.54) is 12.1 Å². The largest absolute Gasteiger partial charge is 0.494 e. The monoisotopic (exact) mass is 397 g/mol. The molecule has 2 atom stereocenters. The highest BCUT2D eigenvalue weighted by molar-refractivity contribution is 5.28. The second-order valence-electron chi connectivity index (χ2n) is 6.72. The Bertz CT molecular complexity index is 720. The van der Waals surface area contributed by atoms with Gasteiger partial charge in [0.05, 0.1) is 18.3 Å². The van der Waals surface area contributed by atoms with Gasteiger partial charge in [0.15, 0.2) is 0 Å². The van der Waals surface area contributed by atoms with Crippen LogP contribution in [0.3, 0.4) is 0 Å². The van der Waals surface area contributed by atoms with Crippen molar-refractivity contribution in [3.63, 3.8) is 0 Å². The maximum absolute atomic E-state index is 12.8. The Morgan fingerprint density at radius 1 is 1.11 bits per heavy atom. The molecule has 154 valence electrons. The van der Waals surface area contributed by atoms with Crippen LogP contribution in [0, 0.1) is 0 Å². The summed E-state index contributed by atoms with van der Waals surface area (Å²) in [5, 5.41) is 22.1. The van der Waals surface area contributed by atoms with Gasteiger partial charge in [-0.1, -0.05) is 24.3 Å². The first-order valence-corrected chi connectivity index (χ1v) is 9.21. The molecule has 7 heteroatoms. The van der Waals surface area contributed by atoms with Gasteiger partial charge in [-0.25, -0.2) is 0 Å². The SMILES string of the molecule is CC(Cc1ccc(OCCCO)cc1)NCC(O)c1cccc(C(F)(F)F)c1. The Balaban J connectivity index is 1.82. The molecule has 2 aromatic carbocycles. The average molecular weight is 397 g/mol. The van der Waals surface area contributed by atoms with Crippen molar-refractivity contribution in [1.29, 1.82) is 0 Å². The highest BCUT2D eigenvalue weighted by atomic mass is 19.4. The number of rotatable bonds is 10. The molecule has 0 saturated carbocycles. The van der Waals surface area contributed by atoms with Crippen molar-refractivity contribution in [3.8, 4) is 5.75 Å². The summed E-state index contributed by atoms with van der Waals surface area (Å²) in [7, 11) is 0. The van der Waals surface area contributed by atoms with Crippen LogP contribution in [0.5, 0.6) is 5.75 Å². The van der Waals surface area contributed by atoms with Crippen LogP contribution in [0.2, 0.25) is 0 Å². The zero-order valence-corrected chi connectivity index (χ0v) is 15.7. The van der Waals surface area contributed by atoms with Crippen LogP contribution < -0.4 is 10.1 Å². The molecule has 0 spiro atoms. The number of aliphatic hydroxyl groups is 2. The molecule has 0 saturated heterocycles. The van der Waals surface area contributed by atoms with E-state index in [2.05, 4.69) is 5.32 Å². The second kappa shape index (κ2) is 10.5. The average Bonchev–Trinajstić information content (AvgIpc) is 2.67. The fourth-order valence-corrected chi connectivity index (χ4v) is 2.75. The molecule has 0 radical (unpaired) electrons. The zero-order valence-electron chi connectivity index (χ0n) is 15.7. The summed E-state index contributed by atoms with van der Waals surface area (Å²) in [5.74, 6) is 0.734. The molecule has 2 unspecified atom stereocenters. The first kappa shape index (κ1) is 22.2. The maximum Gasteiger partial charge on any atom is 0.416 e. The van der Waals surface area contributed by atoms with E-state index in [1.807, 2.05) is 31.2 Å². The van der Waals surface area contributed by atoms with Crippen molar-refractivity contribution >= 4 is 0 Å². The molecule has 2 aromatic rings. The molecule has 0 aliphatic rings. The van der Waals surface area contributed by atoms with E-state index in [9.17, 15) is 18.3 Å². The van der Waals surface area contributed by atoms with Gasteiger partial charge in [-0.05, 0) is 48.7 Å². The van der Waals surface area contributed by atoms with Gasteiger partial charge in [0, 0.05) is 25.6 Å². The van der Waals surface area contributed by atoms with E-state index in [0.717, 1.165) is 23.4 Å². The molecule has 0 aromatic heterocycles. The molecular formula is C21H26F3NO3. The highest BCUT2D eigenvalue weighted by Gasteiger charge is 2.30. The Morgan fingerprint density at radius 3 is 2.46 bits per heavy atom. The van der Waals surface area contributed by atoms with Crippen LogP contribution in [-0.4, -0.2) is 36.0 Å². The van der Waals surface area contributed by atoms with Crippen LogP contribution >= 0.6 is 0 Å². The molecular weight excluding hydrogens is 371 g/mol. The summed E-state index contributed by atoms with van der Waals surface area (Å²) in [6, 6.07) is 12.4. The molecule has 0 amide bonds. The van der Waals surface area contributed by atoms with Gasteiger partial charge in [0.2, 0.25) is 0 Å². The molecule has 2 rings (SSSR count). The summed E-state index contributed by atoms with van der Waals surface area (Å²) in [6.45, 7) is 2.66. The van der Waals surface area contributed by atoms with Crippen molar-refractivity contribution in [2.24, 2.45) is 0 Å². The molecule has 0 aliphatic carbocycles. The third-order valence-corrected chi connectivity index (χ3v) is 4.29. The number of hydrogen-bond acceptors (Lipinski definition) is 4. The minimum Gasteiger partial charge on any atom is -0.494 e. The van der Waals surface area contributed by atoms with E-state index in [-0.39, 0.29) is 24.8 Å². The first-order chi connectivity index (χ1) is 13.3. The van der Waals surface area contributed by atoms with Crippen molar-refractivity contribution in [1.82, 2.24) is 5.32 Å². The number of ether oxygens (including phenoxy) is 1. The van der Waals surface area contributed by atoms with Crippen molar-refractivity contribution < 1.29 is 28.1 Å². The summed E-state index contributed by atoms with van der Waals surface area (Å²) in [4.78, 5) is 0. The minimum atomic E-state index is -4.43. The number of halogens is 3. The number of alkyl halides is 3. The van der Waals surface area contributed by atoms with Crippen LogP contribution in [-0.2, 0) is 12.6 Å². The van der Waals surface area contributed by atoms with E-state index in [0.29, 0.717) is 19.4 Å². The van der Waals surface area contributed by atoms with Crippen molar-refractivity contribution in [3.05, 3.63) is 65.2 Å². The number of nitrogens with one attached hydrogen (secondary N) is 1. The lowest BCUT2D eigenvalue weighted by Crippen LogP contribution is -2.32. The quantitative estimate of drug-likeness (QED) is 0.535. The van der Waals surface area contributed by atoms with Crippen LogP contribution in [0.15, 0.2) is 48.5 Å². The third kappa shape index (κ3) is 7.14. The van der Waals surface area contributed by atoms with E-state index >= 15 is 0 Å². The van der Waals surface area contributed by atoms with Crippen molar-refractivity contribution in [2.75, 3.05) is 19.8 Å². The lowest BCUT2D eigenvalue weighted by atomic mass is 10.0. The van der Waals surface area contributed by atoms with Crippen LogP contribution in [0.25, 0.3) is 0 Å². The summed E-state index contributed by atoms with van der Waals surface area (Å²) < 4.78 is 43.8. The second-order valence-corrected chi connectivity index (χ2v) is 6.72. The van der Waals surface area contributed by atoms with Gasteiger partial charge in [0.1, 0.15) is 5.75 Å². The maximum atomic E-state index is 12.8.